The molecule has 0 radical (unpaired) electrons. The number of nitrogen functional groups attached to an aromatic ring is 1. The van der Waals surface area contributed by atoms with Crippen LogP contribution in [0.25, 0.3) is 0 Å². The maximum atomic E-state index is 11.7. The maximum Gasteiger partial charge on any atom is 0.246 e. The molecule has 1 aromatic carbocycles. The molecule has 18 heavy (non-hydrogen) atoms. The fourth-order valence-electron chi connectivity index (χ4n) is 1.37. The van der Waals surface area contributed by atoms with Crippen LogP contribution in [0, 0.1) is 0 Å². The van der Waals surface area contributed by atoms with Crippen LogP contribution in [-0.2, 0) is 11.3 Å². The fourth-order valence-corrected chi connectivity index (χ4v) is 1.82. The maximum absolute atomic E-state index is 11.7. The number of hydrogen-bond acceptors (Lipinski definition) is 3. The fraction of sp³-hybridized carbons (Fsp3) is 0.0909. The molecule has 0 spiro atoms. The Labute approximate surface area is 117 Å². The number of rotatable bonds is 3. The lowest BCUT2D eigenvalue weighted by molar-refractivity contribution is -0.116. The standard InChI is InChI=1S/C11H10BrClN4O/c12-9-5-17(16-11(9)14)6-10(18)15-8-3-1-7(13)2-4-8/h1-5H,6H2,(H2,14,16)(H,15,18). The lowest BCUT2D eigenvalue weighted by Crippen LogP contribution is -2.19. The predicted octanol–water partition coefficient (Wildman–Crippen LogP) is 2.52. The molecule has 94 valence electrons. The van der Waals surface area contributed by atoms with Crippen LogP contribution in [0.4, 0.5) is 11.5 Å². The third kappa shape index (κ3) is 3.24. The highest BCUT2D eigenvalue weighted by atomic mass is 79.9. The Balaban J connectivity index is 1.98. The van der Waals surface area contributed by atoms with Crippen LogP contribution in [-0.4, -0.2) is 15.7 Å². The van der Waals surface area contributed by atoms with Crippen LogP contribution in [0.15, 0.2) is 34.9 Å². The lowest BCUT2D eigenvalue weighted by atomic mass is 10.3. The van der Waals surface area contributed by atoms with Crippen molar-refractivity contribution in [2.75, 3.05) is 11.1 Å². The number of aromatic nitrogens is 2. The van der Waals surface area contributed by atoms with Gasteiger partial charge in [-0.25, -0.2) is 0 Å². The van der Waals surface area contributed by atoms with Crippen molar-refractivity contribution >= 4 is 44.9 Å². The van der Waals surface area contributed by atoms with E-state index >= 15 is 0 Å². The van der Waals surface area contributed by atoms with Crippen molar-refractivity contribution in [1.82, 2.24) is 9.78 Å². The summed E-state index contributed by atoms with van der Waals surface area (Å²) < 4.78 is 2.13. The Morgan fingerprint density at radius 3 is 2.67 bits per heavy atom. The summed E-state index contributed by atoms with van der Waals surface area (Å²) >= 11 is 8.98. The van der Waals surface area contributed by atoms with E-state index in [9.17, 15) is 4.79 Å². The van der Waals surface area contributed by atoms with Gasteiger partial charge >= 0.3 is 0 Å². The van der Waals surface area contributed by atoms with E-state index < -0.39 is 0 Å². The Kier molecular flexibility index (Phi) is 3.88. The van der Waals surface area contributed by atoms with E-state index in [2.05, 4.69) is 26.3 Å². The highest BCUT2D eigenvalue weighted by molar-refractivity contribution is 9.10. The van der Waals surface area contributed by atoms with Gasteiger partial charge in [0, 0.05) is 16.9 Å². The number of carbonyl (C=O) groups excluding carboxylic acids is 1. The Morgan fingerprint density at radius 1 is 1.44 bits per heavy atom. The number of carbonyl (C=O) groups is 1. The number of hydrogen-bond donors (Lipinski definition) is 2. The minimum Gasteiger partial charge on any atom is -0.381 e. The van der Waals surface area contributed by atoms with Crippen molar-refractivity contribution in [3.05, 3.63) is 40.0 Å². The van der Waals surface area contributed by atoms with Gasteiger partial charge in [0.1, 0.15) is 6.54 Å². The number of nitrogens with one attached hydrogen (secondary N) is 1. The SMILES string of the molecule is Nc1nn(CC(=O)Nc2ccc(Cl)cc2)cc1Br. The zero-order chi connectivity index (χ0) is 13.1. The Bertz CT molecular complexity index is 547. The summed E-state index contributed by atoms with van der Waals surface area (Å²) in [5.74, 6) is 0.168. The molecule has 1 aromatic heterocycles. The average molecular weight is 330 g/mol. The molecule has 1 amide bonds. The topological polar surface area (TPSA) is 72.9 Å². The summed E-state index contributed by atoms with van der Waals surface area (Å²) in [5.41, 5.74) is 6.24. The summed E-state index contributed by atoms with van der Waals surface area (Å²) in [5, 5.41) is 7.33. The molecule has 0 unspecified atom stereocenters. The lowest BCUT2D eigenvalue weighted by Gasteiger charge is -2.05. The van der Waals surface area contributed by atoms with Crippen molar-refractivity contribution in [1.29, 1.82) is 0 Å². The third-order valence-corrected chi connectivity index (χ3v) is 3.04. The molecule has 0 saturated heterocycles. The average Bonchev–Trinajstić information content (AvgIpc) is 2.61. The second kappa shape index (κ2) is 5.41. The second-order valence-corrected chi connectivity index (χ2v) is 4.91. The van der Waals surface area contributed by atoms with Crippen molar-refractivity contribution in [3.63, 3.8) is 0 Å². The minimum atomic E-state index is -0.188. The first-order valence-electron chi connectivity index (χ1n) is 5.08. The molecule has 2 aromatic rings. The first-order valence-corrected chi connectivity index (χ1v) is 6.25. The quantitative estimate of drug-likeness (QED) is 0.909. The van der Waals surface area contributed by atoms with Gasteiger partial charge in [0.2, 0.25) is 5.91 Å². The van der Waals surface area contributed by atoms with E-state index in [1.165, 1.54) is 4.68 Å². The van der Waals surface area contributed by atoms with Crippen LogP contribution in [0.3, 0.4) is 0 Å². The smallest absolute Gasteiger partial charge is 0.246 e. The number of anilines is 2. The van der Waals surface area contributed by atoms with Crippen LogP contribution in [0.5, 0.6) is 0 Å². The molecule has 5 nitrogen and oxygen atoms in total. The first-order chi connectivity index (χ1) is 8.54. The molecule has 1 heterocycles. The van der Waals surface area contributed by atoms with Crippen LogP contribution >= 0.6 is 27.5 Å². The van der Waals surface area contributed by atoms with E-state index in [4.69, 9.17) is 17.3 Å². The van der Waals surface area contributed by atoms with Gasteiger partial charge in [-0.15, -0.1) is 0 Å². The number of amides is 1. The summed E-state index contributed by atoms with van der Waals surface area (Å²) in [7, 11) is 0. The van der Waals surface area contributed by atoms with Gasteiger partial charge in [-0.05, 0) is 40.2 Å². The molecular formula is C11H10BrClN4O. The largest absolute Gasteiger partial charge is 0.381 e. The number of nitrogens with two attached hydrogens (primary N) is 1. The van der Waals surface area contributed by atoms with Gasteiger partial charge < -0.3 is 11.1 Å². The van der Waals surface area contributed by atoms with Crippen LogP contribution in [0.1, 0.15) is 0 Å². The summed E-state index contributed by atoms with van der Waals surface area (Å²) in [6, 6.07) is 6.88. The van der Waals surface area contributed by atoms with Gasteiger partial charge in [0.05, 0.1) is 4.47 Å². The monoisotopic (exact) mass is 328 g/mol. The van der Waals surface area contributed by atoms with E-state index in [-0.39, 0.29) is 12.5 Å². The normalized spacial score (nSPS) is 10.3. The summed E-state index contributed by atoms with van der Waals surface area (Å²) in [4.78, 5) is 11.7. The zero-order valence-electron chi connectivity index (χ0n) is 9.23. The van der Waals surface area contributed by atoms with Gasteiger partial charge in [-0.2, -0.15) is 5.10 Å². The molecule has 0 bridgehead atoms. The van der Waals surface area contributed by atoms with Crippen molar-refractivity contribution in [3.8, 4) is 0 Å². The summed E-state index contributed by atoms with van der Waals surface area (Å²) in [6.45, 7) is 0.0957. The third-order valence-electron chi connectivity index (χ3n) is 2.18. The molecule has 0 atom stereocenters. The van der Waals surface area contributed by atoms with E-state index in [0.717, 1.165) is 0 Å². The van der Waals surface area contributed by atoms with E-state index in [1.807, 2.05) is 0 Å². The van der Waals surface area contributed by atoms with Crippen LogP contribution < -0.4 is 11.1 Å². The second-order valence-electron chi connectivity index (χ2n) is 3.61. The Hall–Kier alpha value is -1.53. The number of nitrogens with zero attached hydrogens (tertiary/aromatic N) is 2. The number of benzene rings is 1. The zero-order valence-corrected chi connectivity index (χ0v) is 11.6. The summed E-state index contributed by atoms with van der Waals surface area (Å²) in [6.07, 6.45) is 1.65. The molecule has 7 heteroatoms. The molecule has 0 aliphatic rings. The Morgan fingerprint density at radius 2 is 2.11 bits per heavy atom. The molecular weight excluding hydrogens is 320 g/mol. The van der Waals surface area contributed by atoms with Gasteiger partial charge in [0.25, 0.3) is 0 Å². The molecule has 0 saturated carbocycles. The van der Waals surface area contributed by atoms with E-state index in [0.29, 0.717) is 21.0 Å². The molecule has 0 aliphatic carbocycles. The predicted molar refractivity (Wildman–Crippen MR) is 74.4 cm³/mol. The van der Waals surface area contributed by atoms with Crippen LogP contribution in [0.2, 0.25) is 5.02 Å². The highest BCUT2D eigenvalue weighted by Gasteiger charge is 2.07. The van der Waals surface area contributed by atoms with Crippen molar-refractivity contribution < 1.29 is 4.79 Å². The number of halogens is 2. The van der Waals surface area contributed by atoms with Crippen molar-refractivity contribution in [2.24, 2.45) is 0 Å². The molecule has 3 N–H and O–H groups in total. The minimum absolute atomic E-state index is 0.0957. The molecule has 2 rings (SSSR count). The highest BCUT2D eigenvalue weighted by Crippen LogP contribution is 2.16. The van der Waals surface area contributed by atoms with Crippen molar-refractivity contribution in [2.45, 2.75) is 6.54 Å². The van der Waals surface area contributed by atoms with Gasteiger partial charge in [0.15, 0.2) is 5.82 Å². The molecule has 0 fully saturated rings. The van der Waals surface area contributed by atoms with Gasteiger partial charge in [-0.3, -0.25) is 9.48 Å². The van der Waals surface area contributed by atoms with E-state index in [1.54, 1.807) is 30.5 Å². The first kappa shape index (κ1) is 12.9. The van der Waals surface area contributed by atoms with Gasteiger partial charge in [-0.1, -0.05) is 11.6 Å². The molecule has 0 aliphatic heterocycles.